The van der Waals surface area contributed by atoms with Crippen molar-refractivity contribution in [1.29, 1.82) is 0 Å². The number of furan rings is 1. The van der Waals surface area contributed by atoms with E-state index in [-0.39, 0.29) is 17.9 Å². The van der Waals surface area contributed by atoms with Crippen LogP contribution in [-0.4, -0.2) is 42.0 Å². The number of carbonyl (C=O) groups is 2. The van der Waals surface area contributed by atoms with E-state index in [0.717, 1.165) is 25.7 Å². The van der Waals surface area contributed by atoms with Crippen molar-refractivity contribution in [1.82, 2.24) is 4.90 Å². The smallest absolute Gasteiger partial charge is 0.296 e. The van der Waals surface area contributed by atoms with Crippen molar-refractivity contribution < 1.29 is 33.3 Å². The Morgan fingerprint density at radius 1 is 0.949 bits per heavy atom. The molecule has 1 aliphatic rings. The zero-order valence-electron chi connectivity index (χ0n) is 22.6. The number of hydrogen-bond acceptors (Lipinski definition) is 7. The van der Waals surface area contributed by atoms with Crippen LogP contribution in [0.2, 0.25) is 0 Å². The summed E-state index contributed by atoms with van der Waals surface area (Å²) in [7, 11) is 1.54. The number of likely N-dealkylation sites (tertiary alicyclic amines) is 1. The van der Waals surface area contributed by atoms with Crippen LogP contribution in [0.5, 0.6) is 17.2 Å². The summed E-state index contributed by atoms with van der Waals surface area (Å²) in [6.07, 6.45) is 5.45. The van der Waals surface area contributed by atoms with Gasteiger partial charge >= 0.3 is 0 Å². The molecule has 2 aromatic carbocycles. The van der Waals surface area contributed by atoms with Crippen molar-refractivity contribution in [3.05, 3.63) is 83.3 Å². The minimum Gasteiger partial charge on any atom is -0.507 e. The number of ketones is 1. The molecule has 1 fully saturated rings. The number of unbranched alkanes of at least 4 members (excludes halogenated alkanes) is 2. The summed E-state index contributed by atoms with van der Waals surface area (Å²) in [5.41, 5.74) is 0.998. The Balaban J connectivity index is 1.75. The van der Waals surface area contributed by atoms with Crippen molar-refractivity contribution in [3.8, 4) is 17.2 Å². The molecule has 0 saturated carbocycles. The van der Waals surface area contributed by atoms with Crippen LogP contribution < -0.4 is 14.2 Å². The van der Waals surface area contributed by atoms with E-state index in [1.54, 1.807) is 61.7 Å². The average Bonchev–Trinajstić information content (AvgIpc) is 3.56. The standard InChI is InChI=1S/C31H35NO7/c1-4-6-7-17-39-25-15-12-22(19-26(25)36-3)28-27(29(33)21-10-13-23(14-11-21)37-16-5-2)30(34)31(35)32(28)20-24-9-8-18-38-24/h8-15,18-19,28,33H,4-7,16-17,20H2,1-3H3/t28-/m0/s1. The largest absolute Gasteiger partial charge is 0.507 e. The maximum atomic E-state index is 13.4. The third-order valence-corrected chi connectivity index (χ3v) is 6.56. The summed E-state index contributed by atoms with van der Waals surface area (Å²) in [5, 5.41) is 11.4. The molecule has 0 spiro atoms. The summed E-state index contributed by atoms with van der Waals surface area (Å²) in [5.74, 6) is 0.466. The van der Waals surface area contributed by atoms with E-state index >= 15 is 0 Å². The van der Waals surface area contributed by atoms with Crippen LogP contribution in [0.4, 0.5) is 0 Å². The molecule has 1 aromatic heterocycles. The fourth-order valence-corrected chi connectivity index (χ4v) is 4.55. The first-order valence-corrected chi connectivity index (χ1v) is 13.3. The summed E-state index contributed by atoms with van der Waals surface area (Å²) in [6.45, 7) is 5.33. The Labute approximate surface area is 228 Å². The van der Waals surface area contributed by atoms with Crippen molar-refractivity contribution in [2.75, 3.05) is 20.3 Å². The highest BCUT2D eigenvalue weighted by molar-refractivity contribution is 6.46. The van der Waals surface area contributed by atoms with Gasteiger partial charge in [0.05, 0.1) is 44.7 Å². The number of nitrogens with zero attached hydrogens (tertiary/aromatic N) is 1. The Bertz CT molecular complexity index is 1290. The minimum absolute atomic E-state index is 0.00699. The second-order valence-corrected chi connectivity index (χ2v) is 9.35. The normalized spacial score (nSPS) is 16.5. The molecule has 8 heteroatoms. The molecule has 4 rings (SSSR count). The zero-order valence-corrected chi connectivity index (χ0v) is 22.6. The zero-order chi connectivity index (χ0) is 27.8. The number of aliphatic hydroxyl groups is 1. The molecule has 0 unspecified atom stereocenters. The average molecular weight is 534 g/mol. The lowest BCUT2D eigenvalue weighted by molar-refractivity contribution is -0.140. The van der Waals surface area contributed by atoms with E-state index in [1.165, 1.54) is 11.2 Å². The van der Waals surface area contributed by atoms with Gasteiger partial charge < -0.3 is 28.6 Å². The molecule has 8 nitrogen and oxygen atoms in total. The van der Waals surface area contributed by atoms with Gasteiger partial charge in [0, 0.05) is 5.56 Å². The molecule has 0 radical (unpaired) electrons. The van der Waals surface area contributed by atoms with Gasteiger partial charge in [-0.2, -0.15) is 0 Å². The number of aliphatic hydroxyl groups excluding tert-OH is 1. The Kier molecular flexibility index (Phi) is 9.31. The lowest BCUT2D eigenvalue weighted by atomic mass is 9.95. The molecule has 3 aromatic rings. The van der Waals surface area contributed by atoms with Crippen LogP contribution in [0.15, 0.2) is 70.9 Å². The molecular weight excluding hydrogens is 498 g/mol. The second-order valence-electron chi connectivity index (χ2n) is 9.35. The van der Waals surface area contributed by atoms with E-state index in [9.17, 15) is 14.7 Å². The Morgan fingerprint density at radius 3 is 2.41 bits per heavy atom. The van der Waals surface area contributed by atoms with Gasteiger partial charge in [-0.05, 0) is 66.9 Å². The number of benzene rings is 2. The fraction of sp³-hybridized carbons (Fsp3) is 0.355. The van der Waals surface area contributed by atoms with Crippen LogP contribution in [-0.2, 0) is 16.1 Å². The van der Waals surface area contributed by atoms with Crippen molar-refractivity contribution in [2.45, 2.75) is 52.1 Å². The maximum Gasteiger partial charge on any atom is 0.296 e. The van der Waals surface area contributed by atoms with Crippen molar-refractivity contribution in [2.24, 2.45) is 0 Å². The second kappa shape index (κ2) is 13.0. The van der Waals surface area contributed by atoms with Gasteiger partial charge in [0.25, 0.3) is 11.7 Å². The third kappa shape index (κ3) is 6.28. The summed E-state index contributed by atoms with van der Waals surface area (Å²) in [6, 6.07) is 14.7. The molecular formula is C31H35NO7. The lowest BCUT2D eigenvalue weighted by Gasteiger charge is -2.25. The topological polar surface area (TPSA) is 98.4 Å². The molecule has 1 amide bonds. The number of rotatable bonds is 13. The van der Waals surface area contributed by atoms with E-state index in [1.807, 2.05) is 6.92 Å². The highest BCUT2D eigenvalue weighted by atomic mass is 16.5. The first-order chi connectivity index (χ1) is 19.0. The number of carbonyl (C=O) groups excluding carboxylic acids is 2. The number of Topliss-reactive ketones (excluding diaryl/α,β-unsaturated/α-hetero) is 1. The van der Waals surface area contributed by atoms with Crippen molar-refractivity contribution >= 4 is 17.4 Å². The van der Waals surface area contributed by atoms with Crippen LogP contribution in [0.1, 0.15) is 62.5 Å². The van der Waals surface area contributed by atoms with Gasteiger partial charge in [0.2, 0.25) is 0 Å². The SMILES string of the molecule is CCCCCOc1ccc([C@H]2C(=C(O)c3ccc(OCCC)cc3)C(=O)C(=O)N2Cc2ccco2)cc1OC. The first-order valence-electron chi connectivity index (χ1n) is 13.3. The lowest BCUT2D eigenvalue weighted by Crippen LogP contribution is -2.29. The monoisotopic (exact) mass is 533 g/mol. The van der Waals surface area contributed by atoms with Gasteiger partial charge in [-0.15, -0.1) is 0 Å². The predicted octanol–water partition coefficient (Wildman–Crippen LogP) is 6.27. The number of methoxy groups -OCH3 is 1. The summed E-state index contributed by atoms with van der Waals surface area (Å²) in [4.78, 5) is 28.0. The Hall–Kier alpha value is -4.20. The van der Waals surface area contributed by atoms with Crippen LogP contribution in [0.3, 0.4) is 0 Å². The Morgan fingerprint density at radius 2 is 1.74 bits per heavy atom. The van der Waals surface area contributed by atoms with Crippen LogP contribution >= 0.6 is 0 Å². The summed E-state index contributed by atoms with van der Waals surface area (Å²) >= 11 is 0. The molecule has 0 bridgehead atoms. The first kappa shape index (κ1) is 27.8. The number of ether oxygens (including phenoxy) is 3. The van der Waals surface area contributed by atoms with Gasteiger partial charge in [-0.3, -0.25) is 9.59 Å². The summed E-state index contributed by atoms with van der Waals surface area (Å²) < 4.78 is 22.6. The quantitative estimate of drug-likeness (QED) is 0.120. The predicted molar refractivity (Wildman–Crippen MR) is 147 cm³/mol. The highest BCUT2D eigenvalue weighted by Gasteiger charge is 2.46. The van der Waals surface area contributed by atoms with Crippen molar-refractivity contribution in [3.63, 3.8) is 0 Å². The molecule has 1 atom stereocenters. The molecule has 1 N–H and O–H groups in total. The van der Waals surface area contributed by atoms with E-state index < -0.39 is 17.7 Å². The van der Waals surface area contributed by atoms with Crippen LogP contribution in [0.25, 0.3) is 5.76 Å². The molecule has 2 heterocycles. The number of hydrogen-bond donors (Lipinski definition) is 1. The van der Waals surface area contributed by atoms with E-state index in [0.29, 0.717) is 47.3 Å². The molecule has 0 aliphatic carbocycles. The van der Waals surface area contributed by atoms with E-state index in [4.69, 9.17) is 18.6 Å². The maximum absolute atomic E-state index is 13.4. The molecule has 206 valence electrons. The molecule has 1 aliphatic heterocycles. The van der Waals surface area contributed by atoms with E-state index in [2.05, 4.69) is 6.92 Å². The molecule has 39 heavy (non-hydrogen) atoms. The number of amides is 1. The fourth-order valence-electron chi connectivity index (χ4n) is 4.55. The third-order valence-electron chi connectivity index (χ3n) is 6.56. The molecule has 1 saturated heterocycles. The van der Waals surface area contributed by atoms with Gasteiger partial charge in [0.15, 0.2) is 11.5 Å². The van der Waals surface area contributed by atoms with Gasteiger partial charge in [-0.25, -0.2) is 0 Å². The highest BCUT2D eigenvalue weighted by Crippen LogP contribution is 2.43. The van der Waals surface area contributed by atoms with Gasteiger partial charge in [-0.1, -0.05) is 32.8 Å². The van der Waals surface area contributed by atoms with Crippen LogP contribution in [0, 0.1) is 0 Å². The minimum atomic E-state index is -0.867. The van der Waals surface area contributed by atoms with Gasteiger partial charge in [0.1, 0.15) is 17.3 Å².